The largest absolute Gasteiger partial charge is 0.323 e. The molecule has 1 aliphatic carbocycles. The molecule has 2 heteroatoms. The van der Waals surface area contributed by atoms with E-state index in [2.05, 4.69) is 17.5 Å². The first-order chi connectivity index (χ1) is 5.88. The van der Waals surface area contributed by atoms with E-state index in [4.69, 9.17) is 5.73 Å². The molecule has 1 aromatic rings. The number of thiophene rings is 1. The molecule has 1 atom stereocenters. The second-order valence-electron chi connectivity index (χ2n) is 3.59. The summed E-state index contributed by atoms with van der Waals surface area (Å²) in [6, 6.07) is 4.56. The highest BCUT2D eigenvalue weighted by Gasteiger charge is 2.23. The third kappa shape index (κ3) is 1.54. The van der Waals surface area contributed by atoms with Crippen molar-refractivity contribution in [1.82, 2.24) is 0 Å². The van der Waals surface area contributed by atoms with E-state index in [9.17, 15) is 0 Å². The second kappa shape index (κ2) is 3.58. The van der Waals surface area contributed by atoms with Crippen molar-refractivity contribution in [1.29, 1.82) is 0 Å². The van der Waals surface area contributed by atoms with Gasteiger partial charge in [-0.3, -0.25) is 0 Å². The molecule has 0 amide bonds. The Labute approximate surface area is 77.6 Å². The first-order valence-electron chi connectivity index (χ1n) is 4.67. The Balaban J connectivity index is 2.04. The fourth-order valence-corrected chi connectivity index (χ4v) is 2.85. The summed E-state index contributed by atoms with van der Waals surface area (Å²) in [7, 11) is 0. The maximum absolute atomic E-state index is 6.16. The average Bonchev–Trinajstić information content (AvgIpc) is 2.77. The fraction of sp³-hybridized carbons (Fsp3) is 0.600. The van der Waals surface area contributed by atoms with Gasteiger partial charge in [-0.25, -0.2) is 0 Å². The van der Waals surface area contributed by atoms with Gasteiger partial charge in [0.1, 0.15) is 0 Å². The van der Waals surface area contributed by atoms with Gasteiger partial charge >= 0.3 is 0 Å². The summed E-state index contributed by atoms with van der Waals surface area (Å²) >= 11 is 1.79. The minimum absolute atomic E-state index is 0.312. The molecule has 12 heavy (non-hydrogen) atoms. The molecule has 0 aromatic carbocycles. The van der Waals surface area contributed by atoms with Gasteiger partial charge in [0.25, 0.3) is 0 Å². The van der Waals surface area contributed by atoms with Crippen LogP contribution >= 0.6 is 11.3 Å². The second-order valence-corrected chi connectivity index (χ2v) is 4.57. The monoisotopic (exact) mass is 181 g/mol. The van der Waals surface area contributed by atoms with Crippen molar-refractivity contribution in [2.24, 2.45) is 11.7 Å². The smallest absolute Gasteiger partial charge is 0.0418 e. The highest BCUT2D eigenvalue weighted by Crippen LogP contribution is 2.35. The molecule has 2 rings (SSSR count). The maximum Gasteiger partial charge on any atom is 0.0418 e. The van der Waals surface area contributed by atoms with E-state index in [0.29, 0.717) is 6.04 Å². The van der Waals surface area contributed by atoms with Crippen LogP contribution in [0.15, 0.2) is 17.5 Å². The van der Waals surface area contributed by atoms with Crippen molar-refractivity contribution in [2.75, 3.05) is 0 Å². The van der Waals surface area contributed by atoms with Crippen LogP contribution in [0, 0.1) is 5.92 Å². The van der Waals surface area contributed by atoms with Crippen LogP contribution in [0.25, 0.3) is 0 Å². The van der Waals surface area contributed by atoms with Crippen molar-refractivity contribution in [3.05, 3.63) is 22.4 Å². The molecule has 0 saturated heterocycles. The highest BCUT2D eigenvalue weighted by molar-refractivity contribution is 7.10. The Kier molecular flexibility index (Phi) is 2.47. The van der Waals surface area contributed by atoms with Gasteiger partial charge in [-0.1, -0.05) is 18.9 Å². The van der Waals surface area contributed by atoms with Crippen LogP contribution in [0.3, 0.4) is 0 Å². The van der Waals surface area contributed by atoms with Crippen LogP contribution in [0.5, 0.6) is 0 Å². The zero-order valence-corrected chi connectivity index (χ0v) is 8.02. The minimum Gasteiger partial charge on any atom is -0.323 e. The molecule has 1 aliphatic rings. The molecular formula is C10H15NS. The lowest BCUT2D eigenvalue weighted by atomic mass is 9.98. The Morgan fingerprint density at radius 3 is 2.75 bits per heavy atom. The first kappa shape index (κ1) is 8.27. The van der Waals surface area contributed by atoms with Crippen molar-refractivity contribution >= 4 is 11.3 Å². The van der Waals surface area contributed by atoms with E-state index in [-0.39, 0.29) is 0 Å². The van der Waals surface area contributed by atoms with Gasteiger partial charge in [-0.2, -0.15) is 0 Å². The number of nitrogens with two attached hydrogens (primary N) is 1. The Morgan fingerprint density at radius 2 is 2.17 bits per heavy atom. The molecule has 0 aliphatic heterocycles. The zero-order chi connectivity index (χ0) is 8.39. The third-order valence-corrected chi connectivity index (χ3v) is 3.75. The highest BCUT2D eigenvalue weighted by atomic mass is 32.1. The van der Waals surface area contributed by atoms with Crippen LogP contribution in [0.4, 0.5) is 0 Å². The van der Waals surface area contributed by atoms with Crippen LogP contribution in [0.2, 0.25) is 0 Å². The van der Waals surface area contributed by atoms with E-state index in [1.165, 1.54) is 30.6 Å². The van der Waals surface area contributed by atoms with E-state index in [1.54, 1.807) is 11.3 Å². The Morgan fingerprint density at radius 1 is 1.42 bits per heavy atom. The van der Waals surface area contributed by atoms with Crippen LogP contribution in [-0.2, 0) is 0 Å². The molecular weight excluding hydrogens is 166 g/mol. The van der Waals surface area contributed by atoms with Crippen molar-refractivity contribution in [2.45, 2.75) is 31.7 Å². The molecule has 0 radical (unpaired) electrons. The molecule has 1 heterocycles. The first-order valence-corrected chi connectivity index (χ1v) is 5.55. The SMILES string of the molecule is N[C@@H](c1cccs1)C1CCCC1. The van der Waals surface area contributed by atoms with Crippen molar-refractivity contribution in [3.63, 3.8) is 0 Å². The molecule has 0 spiro atoms. The van der Waals surface area contributed by atoms with Gasteiger partial charge in [0.05, 0.1) is 0 Å². The molecule has 0 unspecified atom stereocenters. The standard InChI is InChI=1S/C10H15NS/c11-10(8-4-1-2-5-8)9-6-3-7-12-9/h3,6-8,10H,1-2,4-5,11H2/t10-/m1/s1. The molecule has 1 nitrogen and oxygen atoms in total. The quantitative estimate of drug-likeness (QED) is 0.746. The topological polar surface area (TPSA) is 26.0 Å². The van der Waals surface area contributed by atoms with Crippen molar-refractivity contribution in [3.8, 4) is 0 Å². The minimum atomic E-state index is 0.312. The van der Waals surface area contributed by atoms with Gasteiger partial charge in [0.2, 0.25) is 0 Å². The van der Waals surface area contributed by atoms with Crippen molar-refractivity contribution < 1.29 is 0 Å². The van der Waals surface area contributed by atoms with Crippen LogP contribution in [-0.4, -0.2) is 0 Å². The van der Waals surface area contributed by atoms with Gasteiger partial charge < -0.3 is 5.73 Å². The summed E-state index contributed by atoms with van der Waals surface area (Å²) in [4.78, 5) is 1.36. The predicted octanol–water partition coefficient (Wildman–Crippen LogP) is 2.94. The van der Waals surface area contributed by atoms with Gasteiger partial charge in [0, 0.05) is 10.9 Å². The summed E-state index contributed by atoms with van der Waals surface area (Å²) < 4.78 is 0. The molecule has 1 saturated carbocycles. The molecule has 0 bridgehead atoms. The lowest BCUT2D eigenvalue weighted by Crippen LogP contribution is -2.17. The van der Waals surface area contributed by atoms with Gasteiger partial charge in [0.15, 0.2) is 0 Å². The van der Waals surface area contributed by atoms with E-state index in [1.807, 2.05) is 0 Å². The van der Waals surface area contributed by atoms with Crippen LogP contribution in [0.1, 0.15) is 36.6 Å². The average molecular weight is 181 g/mol. The lowest BCUT2D eigenvalue weighted by molar-refractivity contribution is 0.450. The molecule has 1 fully saturated rings. The third-order valence-electron chi connectivity index (χ3n) is 2.78. The van der Waals surface area contributed by atoms with Gasteiger partial charge in [-0.15, -0.1) is 11.3 Å². The number of hydrogen-bond donors (Lipinski definition) is 1. The maximum atomic E-state index is 6.16. The molecule has 1 aromatic heterocycles. The number of rotatable bonds is 2. The molecule has 66 valence electrons. The number of hydrogen-bond acceptors (Lipinski definition) is 2. The Hall–Kier alpha value is -0.340. The summed E-state index contributed by atoms with van der Waals surface area (Å²) in [5.41, 5.74) is 6.16. The lowest BCUT2D eigenvalue weighted by Gasteiger charge is -2.16. The summed E-state index contributed by atoms with van der Waals surface area (Å²) in [6.07, 6.45) is 5.42. The van der Waals surface area contributed by atoms with E-state index < -0.39 is 0 Å². The zero-order valence-electron chi connectivity index (χ0n) is 7.20. The summed E-state index contributed by atoms with van der Waals surface area (Å²) in [6.45, 7) is 0. The summed E-state index contributed by atoms with van der Waals surface area (Å²) in [5, 5.41) is 2.12. The fourth-order valence-electron chi connectivity index (χ4n) is 2.03. The normalized spacial score (nSPS) is 21.4. The predicted molar refractivity (Wildman–Crippen MR) is 53.2 cm³/mol. The summed E-state index contributed by atoms with van der Waals surface area (Å²) in [5.74, 6) is 0.753. The van der Waals surface area contributed by atoms with Crippen LogP contribution < -0.4 is 5.73 Å². The van der Waals surface area contributed by atoms with E-state index in [0.717, 1.165) is 5.92 Å². The van der Waals surface area contributed by atoms with E-state index >= 15 is 0 Å². The van der Waals surface area contributed by atoms with Gasteiger partial charge in [-0.05, 0) is 30.2 Å². The Bertz CT molecular complexity index is 224. The molecule has 2 N–H and O–H groups in total.